The maximum absolute atomic E-state index is 12.7. The zero-order valence-electron chi connectivity index (χ0n) is 30.1. The van der Waals surface area contributed by atoms with Crippen molar-refractivity contribution in [2.45, 2.75) is 59.3 Å². The lowest BCUT2D eigenvalue weighted by atomic mass is 10.2. The highest BCUT2D eigenvalue weighted by atomic mass is 19.2. The molecule has 0 aliphatic heterocycles. The summed E-state index contributed by atoms with van der Waals surface area (Å²) in [5, 5.41) is 49.0. The molecule has 3 aromatic carbocycles. The van der Waals surface area contributed by atoms with E-state index in [0.29, 0.717) is 0 Å². The fourth-order valence-electron chi connectivity index (χ4n) is 3.86. The van der Waals surface area contributed by atoms with Gasteiger partial charge in [-0.05, 0) is 38.9 Å². The molecule has 0 unspecified atom stereocenters. The van der Waals surface area contributed by atoms with E-state index in [9.17, 15) is 65.9 Å². The lowest BCUT2D eigenvalue weighted by molar-refractivity contribution is 0.261. The normalized spacial score (nSPS) is 10.5. The maximum Gasteiger partial charge on any atom is 0.707 e. The third-order valence-electron chi connectivity index (χ3n) is 6.66. The minimum atomic E-state index is -2.70. The van der Waals surface area contributed by atoms with Crippen molar-refractivity contribution in [3.05, 3.63) is 87.3 Å². The Morgan fingerprint density at radius 3 is 0.621 bits per heavy atom. The van der Waals surface area contributed by atoms with E-state index in [1.54, 1.807) is 0 Å². The topological polar surface area (TPSA) is 152 Å². The molecule has 0 aromatic heterocycles. The minimum absolute atomic E-state index is 1.32. The number of nitrogens with zero attached hydrogens (tertiary/aromatic N) is 1. The van der Waals surface area contributed by atoms with E-state index in [0.717, 1.165) is 0 Å². The number of benzene rings is 3. The molecule has 0 aliphatic rings. The van der Waals surface area contributed by atoms with Gasteiger partial charge in [-0.1, -0.05) is 40.0 Å². The Labute approximate surface area is 320 Å². The van der Waals surface area contributed by atoms with Crippen LogP contribution in [0.2, 0.25) is 0 Å². The molecule has 0 aliphatic carbocycles. The highest BCUT2D eigenvalue weighted by Gasteiger charge is 2.32. The van der Waals surface area contributed by atoms with Crippen LogP contribution in [-0.4, -0.2) is 76.6 Å². The highest BCUT2D eigenvalue weighted by Crippen LogP contribution is 2.31. The number of unbranched alkanes of at least 4 members (excludes halogenated alkanes) is 3. The average Bonchev–Trinajstić information content (AvgIpc) is 3.18. The van der Waals surface area contributed by atoms with Crippen LogP contribution in [0.5, 0.6) is 17.2 Å². The first kappa shape index (κ1) is 53.9. The molecule has 6 N–H and O–H groups in total. The van der Waals surface area contributed by atoms with E-state index >= 15 is 0 Å². The predicted molar refractivity (Wildman–Crippen MR) is 172 cm³/mol. The largest absolute Gasteiger partial charge is 0.707 e. The van der Waals surface area contributed by atoms with Gasteiger partial charge in [-0.3, -0.25) is 0 Å². The number of hydrogen-bond acceptors (Lipinski definition) is 10. The molecule has 3 rings (SSSR count). The van der Waals surface area contributed by atoms with Crippen LogP contribution in [-0.2, 0) is 0 Å². The van der Waals surface area contributed by atoms with Crippen molar-refractivity contribution in [1.29, 1.82) is 0 Å². The molecule has 10 nitrogen and oxygen atoms in total. The molecule has 326 valence electrons. The van der Waals surface area contributed by atoms with Crippen molar-refractivity contribution in [2.24, 2.45) is 0 Å². The van der Waals surface area contributed by atoms with E-state index in [-0.39, 0.29) is 0 Å². The first-order valence-electron chi connectivity index (χ1n) is 16.3. The highest BCUT2D eigenvalue weighted by molar-refractivity contribution is 6.34. The molecule has 58 heavy (non-hydrogen) atoms. The van der Waals surface area contributed by atoms with Crippen LogP contribution < -0.4 is 14.0 Å². The fourth-order valence-corrected chi connectivity index (χ4v) is 3.86. The molecule has 28 heteroatoms. The van der Waals surface area contributed by atoms with E-state index < -0.39 is 126 Å². The van der Waals surface area contributed by atoms with Gasteiger partial charge in [0.05, 0.1) is 0 Å². The summed E-state index contributed by atoms with van der Waals surface area (Å²) in [6.07, 6.45) is 8.09. The van der Waals surface area contributed by atoms with Crippen LogP contribution in [0.4, 0.5) is 65.9 Å². The summed E-state index contributed by atoms with van der Waals surface area (Å²) >= 11 is 0. The minimum Gasteiger partial charge on any atom is -0.507 e. The van der Waals surface area contributed by atoms with E-state index in [1.807, 2.05) is 0 Å². The van der Waals surface area contributed by atoms with Crippen LogP contribution in [0.1, 0.15) is 59.3 Å². The summed E-state index contributed by atoms with van der Waals surface area (Å²) < 4.78 is 199. The van der Waals surface area contributed by atoms with Crippen LogP contribution in [0.15, 0.2) is 0 Å². The molecule has 0 radical (unpaired) electrons. The number of halogens is 15. The second-order valence-corrected chi connectivity index (χ2v) is 10.9. The van der Waals surface area contributed by atoms with E-state index in [2.05, 4.69) is 39.6 Å². The Morgan fingerprint density at radius 1 is 0.328 bits per heavy atom. The lowest BCUT2D eigenvalue weighted by Gasteiger charge is -2.21. The molecule has 0 spiro atoms. The maximum atomic E-state index is 12.7. The van der Waals surface area contributed by atoms with Crippen molar-refractivity contribution in [3.8, 4) is 17.2 Å². The summed E-state index contributed by atoms with van der Waals surface area (Å²) in [6.45, 7) is 10.8. The van der Waals surface area contributed by atoms with Crippen molar-refractivity contribution < 1.29 is 110 Å². The van der Waals surface area contributed by atoms with Gasteiger partial charge in [0.1, 0.15) is 0 Å². The number of rotatable bonds is 15. The molecular formula is C30H33B3F15NO9. The monoisotopic (exact) mass is 869 g/mol. The zero-order valence-corrected chi connectivity index (χ0v) is 30.1. The van der Waals surface area contributed by atoms with Crippen molar-refractivity contribution in [3.63, 3.8) is 0 Å². The van der Waals surface area contributed by atoms with Gasteiger partial charge in [-0.25, -0.2) is 39.5 Å². The average molecular weight is 869 g/mol. The van der Waals surface area contributed by atoms with Crippen molar-refractivity contribution in [1.82, 2.24) is 4.90 Å². The number of hydrogen-bond donors (Lipinski definition) is 6. The molecular weight excluding hydrogens is 836 g/mol. The first-order chi connectivity index (χ1) is 26.9. The Morgan fingerprint density at radius 2 is 0.483 bits per heavy atom. The zero-order chi connectivity index (χ0) is 45.2. The van der Waals surface area contributed by atoms with Crippen LogP contribution in [0.3, 0.4) is 0 Å². The quantitative estimate of drug-likeness (QED) is 0.0473. The third kappa shape index (κ3) is 15.9. The molecule has 0 atom stereocenters. The molecule has 0 amide bonds. The molecule has 0 heterocycles. The van der Waals surface area contributed by atoms with Gasteiger partial charge in [-0.15, -0.1) is 0 Å². The fraction of sp³-hybridized carbons (Fsp3) is 0.400. The van der Waals surface area contributed by atoms with Gasteiger partial charge in [-0.2, -0.15) is 26.3 Å². The van der Waals surface area contributed by atoms with E-state index in [1.165, 1.54) is 58.2 Å². The van der Waals surface area contributed by atoms with Gasteiger partial charge in [0.15, 0.2) is 17.2 Å². The standard InChI is InChI=1S/C12H27N.3C6H2BF5O3/c1-4-7-10-13(11-8-5-2)12-9-6-3;3*8-1-2(9)4(11)6(15-7(13)14)5(12)3(1)10/h4-12H2,1-3H3;3*13-14H. The summed E-state index contributed by atoms with van der Waals surface area (Å²) in [5.74, 6) is -39.4. The smallest absolute Gasteiger partial charge is 0.507 e. The Hall–Kier alpha value is -4.08. The summed E-state index contributed by atoms with van der Waals surface area (Å²) in [5.41, 5.74) is 0. The van der Waals surface area contributed by atoms with Crippen LogP contribution in [0, 0.1) is 87.3 Å². The third-order valence-corrected chi connectivity index (χ3v) is 6.66. The van der Waals surface area contributed by atoms with Crippen molar-refractivity contribution >= 4 is 22.0 Å². The SMILES string of the molecule is CCCCN(CCCC)CCCC.OB(O)Oc1c(F)c(F)c(F)c(F)c1F.OB(O)Oc1c(F)c(F)c(F)c(F)c1F.OB(O)Oc1c(F)c(F)c(F)c(F)c1F. The van der Waals surface area contributed by atoms with Gasteiger partial charge in [0, 0.05) is 0 Å². The molecule has 0 fully saturated rings. The molecule has 0 bridgehead atoms. The summed E-state index contributed by atoms with van der Waals surface area (Å²) in [4.78, 5) is 2.64. The van der Waals surface area contributed by atoms with Gasteiger partial charge >= 0.3 is 22.0 Å². The second kappa shape index (κ2) is 26.1. The molecule has 0 saturated carbocycles. The van der Waals surface area contributed by atoms with E-state index in [4.69, 9.17) is 30.1 Å². The van der Waals surface area contributed by atoms with Crippen molar-refractivity contribution in [2.75, 3.05) is 19.6 Å². The predicted octanol–water partition coefficient (Wildman–Crippen LogP) is 5.88. The molecule has 3 aromatic rings. The first-order valence-corrected chi connectivity index (χ1v) is 16.3. The van der Waals surface area contributed by atoms with Crippen LogP contribution >= 0.6 is 0 Å². The van der Waals surface area contributed by atoms with Crippen LogP contribution in [0.25, 0.3) is 0 Å². The summed E-state index contributed by atoms with van der Waals surface area (Å²) in [7, 11) is -8.09. The Balaban J connectivity index is 0.000000749. The second-order valence-electron chi connectivity index (χ2n) is 10.9. The Kier molecular flexibility index (Phi) is 24.3. The van der Waals surface area contributed by atoms with Gasteiger partial charge < -0.3 is 49.0 Å². The summed E-state index contributed by atoms with van der Waals surface area (Å²) in [6, 6.07) is 0. The Bertz CT molecular complexity index is 1480. The molecule has 0 saturated heterocycles. The lowest BCUT2D eigenvalue weighted by Crippen LogP contribution is -2.27. The van der Waals surface area contributed by atoms with Gasteiger partial charge in [0.2, 0.25) is 87.3 Å². The van der Waals surface area contributed by atoms with Gasteiger partial charge in [0.25, 0.3) is 0 Å².